The van der Waals surface area contributed by atoms with E-state index in [9.17, 15) is 13.6 Å². The average molecular weight is 506 g/mol. The number of nitrogens with two attached hydrogens (primary N) is 1. The highest BCUT2D eigenvalue weighted by molar-refractivity contribution is 6.05. The van der Waals surface area contributed by atoms with Gasteiger partial charge in [-0.1, -0.05) is 12.1 Å². The molecule has 1 amide bonds. The molecule has 37 heavy (non-hydrogen) atoms. The van der Waals surface area contributed by atoms with Crippen LogP contribution in [0.1, 0.15) is 53.6 Å². The van der Waals surface area contributed by atoms with Crippen LogP contribution in [-0.4, -0.2) is 40.0 Å². The largest absolute Gasteiger partial charge is 0.485 e. The average Bonchev–Trinajstić information content (AvgIpc) is 3.70. The van der Waals surface area contributed by atoms with E-state index in [0.717, 1.165) is 31.4 Å². The monoisotopic (exact) mass is 505 g/mol. The summed E-state index contributed by atoms with van der Waals surface area (Å²) >= 11 is 0. The van der Waals surface area contributed by atoms with E-state index < -0.39 is 17.5 Å². The highest BCUT2D eigenvalue weighted by Gasteiger charge is 2.28. The zero-order chi connectivity index (χ0) is 26.1. The highest BCUT2D eigenvalue weighted by Crippen LogP contribution is 2.41. The number of benzene rings is 2. The molecule has 0 bridgehead atoms. The molecule has 192 valence electrons. The topological polar surface area (TPSA) is 93.4 Å². The first-order valence-corrected chi connectivity index (χ1v) is 12.4. The molecule has 0 spiro atoms. The number of nitrogens with zero attached hydrogens (tertiary/aromatic N) is 3. The highest BCUT2D eigenvalue weighted by atomic mass is 19.1. The van der Waals surface area contributed by atoms with E-state index in [-0.39, 0.29) is 28.9 Å². The number of nitrogens with one attached hydrogen (secondary N) is 1. The molecule has 3 N–H and O–H groups in total. The minimum Gasteiger partial charge on any atom is -0.485 e. The number of aromatic nitrogens is 2. The lowest BCUT2D eigenvalue weighted by Crippen LogP contribution is -2.47. The Morgan fingerprint density at radius 2 is 2.03 bits per heavy atom. The third-order valence-electron chi connectivity index (χ3n) is 6.94. The third kappa shape index (κ3) is 5.12. The Balaban J connectivity index is 1.41. The van der Waals surface area contributed by atoms with Crippen molar-refractivity contribution in [3.63, 3.8) is 0 Å². The van der Waals surface area contributed by atoms with E-state index in [1.54, 1.807) is 13.0 Å². The van der Waals surface area contributed by atoms with Crippen molar-refractivity contribution in [1.82, 2.24) is 14.9 Å². The summed E-state index contributed by atoms with van der Waals surface area (Å²) in [7, 11) is 0. The number of anilines is 2. The molecule has 9 heteroatoms. The molecule has 1 aromatic heterocycles. The van der Waals surface area contributed by atoms with Gasteiger partial charge in [0.25, 0.3) is 5.91 Å². The molecule has 3 aromatic rings. The minimum absolute atomic E-state index is 0.101. The lowest BCUT2D eigenvalue weighted by molar-refractivity contribution is 0.0972. The van der Waals surface area contributed by atoms with E-state index in [1.165, 1.54) is 30.6 Å². The number of hydrogen-bond acceptors (Lipinski definition) is 6. The predicted molar refractivity (Wildman–Crippen MR) is 138 cm³/mol. The lowest BCUT2D eigenvalue weighted by Gasteiger charge is -2.40. The fourth-order valence-corrected chi connectivity index (χ4v) is 4.56. The van der Waals surface area contributed by atoms with Crippen molar-refractivity contribution in [1.29, 1.82) is 0 Å². The third-order valence-corrected chi connectivity index (χ3v) is 6.94. The van der Waals surface area contributed by atoms with E-state index in [0.29, 0.717) is 29.3 Å². The Labute approximate surface area is 214 Å². The first-order chi connectivity index (χ1) is 17.9. The summed E-state index contributed by atoms with van der Waals surface area (Å²) in [6, 6.07) is 7.34. The molecular formula is C28H29F2N5O2. The van der Waals surface area contributed by atoms with Crippen LogP contribution in [0.25, 0.3) is 11.3 Å². The summed E-state index contributed by atoms with van der Waals surface area (Å²) in [6.45, 7) is 4.99. The van der Waals surface area contributed by atoms with Crippen molar-refractivity contribution in [3.8, 4) is 17.0 Å². The van der Waals surface area contributed by atoms with Crippen molar-refractivity contribution in [3.05, 3.63) is 77.3 Å². The van der Waals surface area contributed by atoms with E-state index in [1.807, 2.05) is 19.2 Å². The van der Waals surface area contributed by atoms with Gasteiger partial charge < -0.3 is 20.7 Å². The van der Waals surface area contributed by atoms with Crippen molar-refractivity contribution in [2.24, 2.45) is 0 Å². The molecule has 2 aliphatic rings. The van der Waals surface area contributed by atoms with Gasteiger partial charge in [0.05, 0.1) is 11.6 Å². The van der Waals surface area contributed by atoms with Crippen molar-refractivity contribution < 1.29 is 18.3 Å². The summed E-state index contributed by atoms with van der Waals surface area (Å²) in [5, 5.41) is 2.66. The lowest BCUT2D eigenvalue weighted by atomic mass is 10.0. The maximum Gasteiger partial charge on any atom is 0.258 e. The van der Waals surface area contributed by atoms with Crippen molar-refractivity contribution in [2.45, 2.75) is 45.1 Å². The van der Waals surface area contributed by atoms with Gasteiger partial charge in [-0.3, -0.25) is 4.79 Å². The Kier molecular flexibility index (Phi) is 6.78. The molecule has 2 aromatic carbocycles. The van der Waals surface area contributed by atoms with Crippen molar-refractivity contribution in [2.75, 3.05) is 24.2 Å². The number of ether oxygens (including phenoxy) is 1. The van der Waals surface area contributed by atoms with E-state index in [2.05, 4.69) is 20.2 Å². The number of halogens is 2. The number of likely N-dealkylation sites (tertiary alicyclic amines) is 1. The quantitative estimate of drug-likeness (QED) is 0.424. The van der Waals surface area contributed by atoms with Gasteiger partial charge in [0.15, 0.2) is 11.6 Å². The molecular weight excluding hydrogens is 476 g/mol. The van der Waals surface area contributed by atoms with Crippen LogP contribution in [0.3, 0.4) is 0 Å². The number of amides is 1. The van der Waals surface area contributed by atoms with Gasteiger partial charge in [0.2, 0.25) is 0 Å². The molecule has 1 atom stereocenters. The normalized spacial score (nSPS) is 17.1. The van der Waals surface area contributed by atoms with Gasteiger partial charge in [0.1, 0.15) is 30.3 Å². The van der Waals surface area contributed by atoms with Crippen LogP contribution in [0.5, 0.6) is 5.75 Å². The Hall–Kier alpha value is -4.01. The molecule has 0 unspecified atom stereocenters. The molecule has 0 radical (unpaired) electrons. The van der Waals surface area contributed by atoms with Crippen LogP contribution in [0.15, 0.2) is 48.9 Å². The summed E-state index contributed by atoms with van der Waals surface area (Å²) < 4.78 is 35.5. The fraction of sp³-hybridized carbons (Fsp3) is 0.321. The van der Waals surface area contributed by atoms with E-state index >= 15 is 0 Å². The second-order valence-electron chi connectivity index (χ2n) is 9.50. The predicted octanol–water partition coefficient (Wildman–Crippen LogP) is 5.43. The first-order valence-electron chi connectivity index (χ1n) is 12.4. The molecule has 1 saturated heterocycles. The zero-order valence-corrected chi connectivity index (χ0v) is 20.8. The standard InChI is InChI=1S/C28H29F2N5O2/c1-3-9-35-10-8-20(35)14-37-26-25(32-15-33-27(26)31)22-12-19(29)13-24(16(22)2)34-28(36)21-7-6-18(11-23(21)30)17-4-5-17/h3,6-7,9,11-13,15,17,20H,4-5,8,10,14H2,1-2H3,(H,34,36)(H2,31,32,33)/t20-/m1/s1. The van der Waals surface area contributed by atoms with Gasteiger partial charge in [0, 0.05) is 17.8 Å². The first kappa shape index (κ1) is 24.7. The molecule has 5 rings (SSSR count). The molecule has 1 saturated carbocycles. The second-order valence-corrected chi connectivity index (χ2v) is 9.50. The Morgan fingerprint density at radius 3 is 2.70 bits per heavy atom. The van der Waals surface area contributed by atoms with Crippen LogP contribution in [0, 0.1) is 18.6 Å². The van der Waals surface area contributed by atoms with Crippen LogP contribution in [0.2, 0.25) is 0 Å². The number of allylic oxidation sites excluding steroid dienone is 1. The summed E-state index contributed by atoms with van der Waals surface area (Å²) in [5.41, 5.74) is 8.36. The fourth-order valence-electron chi connectivity index (χ4n) is 4.56. The van der Waals surface area contributed by atoms with E-state index in [4.69, 9.17) is 10.5 Å². The molecule has 7 nitrogen and oxygen atoms in total. The zero-order valence-electron chi connectivity index (χ0n) is 20.8. The number of hydrogen-bond donors (Lipinski definition) is 2. The molecule has 2 heterocycles. The number of nitrogen functional groups attached to an aromatic ring is 1. The number of carbonyl (C=O) groups is 1. The number of rotatable bonds is 8. The van der Waals surface area contributed by atoms with Gasteiger partial charge in [-0.2, -0.15) is 0 Å². The SMILES string of the molecule is CC=CN1CC[C@@H]1COc1c(N)ncnc1-c1cc(F)cc(NC(=O)c2ccc(C3CC3)cc2F)c1C. The summed E-state index contributed by atoms with van der Waals surface area (Å²) in [5.74, 6) is -1.10. The summed E-state index contributed by atoms with van der Waals surface area (Å²) in [4.78, 5) is 23.5. The van der Waals surface area contributed by atoms with Gasteiger partial charge in [-0.25, -0.2) is 18.7 Å². The summed E-state index contributed by atoms with van der Waals surface area (Å²) in [6.07, 6.45) is 8.30. The molecule has 2 fully saturated rings. The molecule has 1 aliphatic heterocycles. The van der Waals surface area contributed by atoms with Gasteiger partial charge >= 0.3 is 0 Å². The maximum absolute atomic E-state index is 14.8. The van der Waals surface area contributed by atoms with Crippen LogP contribution >= 0.6 is 0 Å². The van der Waals surface area contributed by atoms with Crippen LogP contribution in [0.4, 0.5) is 20.3 Å². The van der Waals surface area contributed by atoms with Crippen LogP contribution in [-0.2, 0) is 0 Å². The Morgan fingerprint density at radius 1 is 1.22 bits per heavy atom. The van der Waals surface area contributed by atoms with Gasteiger partial charge in [-0.05, 0) is 80.6 Å². The Bertz CT molecular complexity index is 1370. The smallest absolute Gasteiger partial charge is 0.258 e. The number of carbonyl (C=O) groups excluding carboxylic acids is 1. The second kappa shape index (κ2) is 10.2. The van der Waals surface area contributed by atoms with Crippen LogP contribution < -0.4 is 15.8 Å². The maximum atomic E-state index is 14.8. The van der Waals surface area contributed by atoms with Crippen molar-refractivity contribution >= 4 is 17.4 Å². The minimum atomic E-state index is -0.660. The molecule has 1 aliphatic carbocycles. The van der Waals surface area contributed by atoms with Gasteiger partial charge in [-0.15, -0.1) is 0 Å².